The molecule has 0 bridgehead atoms. The fraction of sp³-hybridized carbons (Fsp3) is 0.0909. The van der Waals surface area contributed by atoms with Crippen molar-refractivity contribution in [2.75, 3.05) is 26.1 Å². The number of ether oxygens (including phenoxy) is 3. The Hall–Kier alpha value is -5.49. The van der Waals surface area contributed by atoms with E-state index in [1.54, 1.807) is 48.5 Å². The van der Waals surface area contributed by atoms with E-state index in [1.165, 1.54) is 43.3 Å². The Morgan fingerprint density at radius 1 is 1.02 bits per heavy atom. The van der Waals surface area contributed by atoms with Crippen molar-refractivity contribution in [1.29, 1.82) is 0 Å². The van der Waals surface area contributed by atoms with E-state index in [4.69, 9.17) is 23.6 Å². The van der Waals surface area contributed by atoms with Gasteiger partial charge in [-0.1, -0.05) is 34.1 Å². The van der Waals surface area contributed by atoms with Crippen molar-refractivity contribution < 1.29 is 27.8 Å². The minimum Gasteiger partial charge on any atom is -0.493 e. The number of para-hydroxylation sites is 1. The molecule has 10 nitrogen and oxygen atoms in total. The summed E-state index contributed by atoms with van der Waals surface area (Å²) in [5.74, 6) is 0.259. The molecule has 6 rings (SSSR count). The van der Waals surface area contributed by atoms with Gasteiger partial charge in [-0.2, -0.15) is 9.78 Å². The molecule has 0 fully saturated rings. The zero-order valence-corrected chi connectivity index (χ0v) is 25.5. The second-order valence-electron chi connectivity index (χ2n) is 9.71. The van der Waals surface area contributed by atoms with Crippen molar-refractivity contribution in [3.05, 3.63) is 111 Å². The van der Waals surface area contributed by atoms with Gasteiger partial charge in [-0.05, 0) is 66.7 Å². The standard InChI is InChI=1S/C33H24BrFN4O6/c1-42-27-12-19(13-28(43-2)31(27)44-18-30(40)37-23-7-5-6-22(35)16-23)17-36-39-32(38-25-9-4-3-8-24(25)33(39)41)29-15-20-14-21(34)10-11-26(20)45-29/h3-17H,18H2,1-2H3,(H,37,40). The third-order valence-corrected chi connectivity index (χ3v) is 7.21. The van der Waals surface area contributed by atoms with Crippen LogP contribution in [0.25, 0.3) is 33.5 Å². The van der Waals surface area contributed by atoms with Crippen LogP contribution in [-0.2, 0) is 4.79 Å². The number of rotatable bonds is 9. The zero-order chi connectivity index (χ0) is 31.5. The number of furan rings is 1. The number of benzene rings is 4. The van der Waals surface area contributed by atoms with Crippen LogP contribution < -0.4 is 25.1 Å². The molecule has 2 aromatic heterocycles. The highest BCUT2D eigenvalue weighted by molar-refractivity contribution is 9.10. The molecule has 0 radical (unpaired) electrons. The summed E-state index contributed by atoms with van der Waals surface area (Å²) in [6, 6.07) is 23.1. The number of hydrogen-bond donors (Lipinski definition) is 1. The molecule has 0 aliphatic carbocycles. The zero-order valence-electron chi connectivity index (χ0n) is 23.9. The third-order valence-electron chi connectivity index (χ3n) is 6.71. The van der Waals surface area contributed by atoms with Crippen LogP contribution in [0.4, 0.5) is 10.1 Å². The number of amides is 1. The molecule has 0 saturated carbocycles. The first-order valence-corrected chi connectivity index (χ1v) is 14.3. The van der Waals surface area contributed by atoms with Gasteiger partial charge in [0, 0.05) is 21.1 Å². The average Bonchev–Trinajstić information content (AvgIpc) is 3.46. The van der Waals surface area contributed by atoms with Crippen molar-refractivity contribution in [2.24, 2.45) is 5.10 Å². The van der Waals surface area contributed by atoms with Crippen LogP contribution in [0.5, 0.6) is 17.2 Å². The fourth-order valence-electron chi connectivity index (χ4n) is 4.66. The lowest BCUT2D eigenvalue weighted by Crippen LogP contribution is -2.20. The largest absolute Gasteiger partial charge is 0.493 e. The third kappa shape index (κ3) is 6.27. The highest BCUT2D eigenvalue weighted by Gasteiger charge is 2.18. The molecular weight excluding hydrogens is 647 g/mol. The van der Waals surface area contributed by atoms with Gasteiger partial charge in [0.25, 0.3) is 11.5 Å². The predicted molar refractivity (Wildman–Crippen MR) is 172 cm³/mol. The maximum atomic E-state index is 13.6. The Kier molecular flexibility index (Phi) is 8.30. The molecule has 0 aliphatic rings. The van der Waals surface area contributed by atoms with Gasteiger partial charge in [-0.25, -0.2) is 9.37 Å². The van der Waals surface area contributed by atoms with Crippen LogP contribution in [0.1, 0.15) is 5.56 Å². The van der Waals surface area contributed by atoms with Gasteiger partial charge in [0.05, 0.1) is 31.3 Å². The molecule has 1 amide bonds. The molecule has 0 spiro atoms. The lowest BCUT2D eigenvalue weighted by molar-refractivity contribution is -0.118. The van der Waals surface area contributed by atoms with Gasteiger partial charge in [-0.3, -0.25) is 9.59 Å². The van der Waals surface area contributed by atoms with E-state index in [0.717, 1.165) is 9.86 Å². The SMILES string of the molecule is COc1cc(C=Nn2c(-c3cc4cc(Br)ccc4o3)nc3ccccc3c2=O)cc(OC)c1OCC(=O)Nc1cccc(F)c1. The van der Waals surface area contributed by atoms with Gasteiger partial charge in [0.1, 0.15) is 11.4 Å². The molecule has 4 aromatic carbocycles. The van der Waals surface area contributed by atoms with Crippen molar-refractivity contribution in [2.45, 2.75) is 0 Å². The summed E-state index contributed by atoms with van der Waals surface area (Å²) in [6.45, 7) is -0.397. The number of methoxy groups -OCH3 is 2. The minimum absolute atomic E-state index is 0.171. The molecule has 0 atom stereocenters. The molecule has 1 N–H and O–H groups in total. The second kappa shape index (κ2) is 12.6. The lowest BCUT2D eigenvalue weighted by atomic mass is 10.2. The fourth-order valence-corrected chi connectivity index (χ4v) is 5.04. The quantitative estimate of drug-likeness (QED) is 0.172. The number of nitrogens with one attached hydrogen (secondary N) is 1. The number of anilines is 1. The summed E-state index contributed by atoms with van der Waals surface area (Å²) in [5.41, 5.74) is 1.52. The van der Waals surface area contributed by atoms with Crippen molar-refractivity contribution in [3.8, 4) is 28.8 Å². The van der Waals surface area contributed by atoms with Crippen LogP contribution in [0, 0.1) is 5.82 Å². The van der Waals surface area contributed by atoms with Gasteiger partial charge >= 0.3 is 0 Å². The molecular formula is C33H24BrFN4O6. The highest BCUT2D eigenvalue weighted by Crippen LogP contribution is 2.38. The first-order chi connectivity index (χ1) is 21.8. The Morgan fingerprint density at radius 3 is 2.56 bits per heavy atom. The van der Waals surface area contributed by atoms with E-state index < -0.39 is 23.9 Å². The highest BCUT2D eigenvalue weighted by atomic mass is 79.9. The summed E-state index contributed by atoms with van der Waals surface area (Å²) < 4.78 is 38.4. The summed E-state index contributed by atoms with van der Waals surface area (Å²) in [6.07, 6.45) is 1.45. The van der Waals surface area contributed by atoms with Crippen LogP contribution in [0.3, 0.4) is 0 Å². The smallest absolute Gasteiger partial charge is 0.282 e. The van der Waals surface area contributed by atoms with E-state index >= 15 is 0 Å². The van der Waals surface area contributed by atoms with Crippen LogP contribution >= 0.6 is 15.9 Å². The molecule has 226 valence electrons. The Morgan fingerprint density at radius 2 is 1.80 bits per heavy atom. The van der Waals surface area contributed by atoms with E-state index in [1.807, 2.05) is 18.2 Å². The van der Waals surface area contributed by atoms with Crippen molar-refractivity contribution in [3.63, 3.8) is 0 Å². The number of nitrogens with zero attached hydrogens (tertiary/aromatic N) is 3. The number of carbonyl (C=O) groups is 1. The Labute approximate surface area is 263 Å². The monoisotopic (exact) mass is 670 g/mol. The first-order valence-electron chi connectivity index (χ1n) is 13.5. The number of aromatic nitrogens is 2. The summed E-state index contributed by atoms with van der Waals surface area (Å²) in [4.78, 5) is 30.8. The number of carbonyl (C=O) groups excluding carboxylic acids is 1. The summed E-state index contributed by atoms with van der Waals surface area (Å²) >= 11 is 3.47. The van der Waals surface area contributed by atoms with E-state index in [2.05, 4.69) is 26.3 Å². The molecule has 45 heavy (non-hydrogen) atoms. The number of hydrogen-bond acceptors (Lipinski definition) is 8. The number of halogens is 2. The first kappa shape index (κ1) is 29.6. The minimum atomic E-state index is -0.510. The van der Waals surface area contributed by atoms with Crippen LogP contribution in [-0.4, -0.2) is 42.6 Å². The van der Waals surface area contributed by atoms with E-state index in [9.17, 15) is 14.0 Å². The normalized spacial score (nSPS) is 11.3. The second-order valence-corrected chi connectivity index (χ2v) is 10.6. The average molecular weight is 671 g/mol. The number of fused-ring (bicyclic) bond motifs is 2. The summed E-state index contributed by atoms with van der Waals surface area (Å²) in [7, 11) is 2.87. The van der Waals surface area contributed by atoms with Gasteiger partial charge in [0.15, 0.2) is 23.9 Å². The van der Waals surface area contributed by atoms with Crippen LogP contribution in [0.2, 0.25) is 0 Å². The maximum Gasteiger partial charge on any atom is 0.282 e. The Bertz CT molecular complexity index is 2130. The van der Waals surface area contributed by atoms with Gasteiger partial charge < -0.3 is 23.9 Å². The van der Waals surface area contributed by atoms with E-state index in [-0.39, 0.29) is 23.1 Å². The predicted octanol–water partition coefficient (Wildman–Crippen LogP) is 6.63. The molecule has 0 saturated heterocycles. The van der Waals surface area contributed by atoms with Gasteiger partial charge in [-0.15, -0.1) is 0 Å². The lowest BCUT2D eigenvalue weighted by Gasteiger charge is -2.15. The summed E-state index contributed by atoms with van der Waals surface area (Å²) in [5, 5.41) is 8.28. The van der Waals surface area contributed by atoms with Gasteiger partial charge in [0.2, 0.25) is 11.6 Å². The molecule has 12 heteroatoms. The Balaban J connectivity index is 1.34. The topological polar surface area (TPSA) is 117 Å². The molecule has 6 aromatic rings. The molecule has 0 aliphatic heterocycles. The van der Waals surface area contributed by atoms with E-state index in [0.29, 0.717) is 33.5 Å². The van der Waals surface area contributed by atoms with Crippen LogP contribution in [0.15, 0.2) is 104 Å². The maximum absolute atomic E-state index is 13.6. The van der Waals surface area contributed by atoms with Crippen molar-refractivity contribution in [1.82, 2.24) is 9.66 Å². The van der Waals surface area contributed by atoms with Crippen molar-refractivity contribution >= 4 is 55.6 Å². The molecule has 0 unspecified atom stereocenters. The molecule has 2 heterocycles.